The van der Waals surface area contributed by atoms with E-state index in [1.807, 2.05) is 6.07 Å². The summed E-state index contributed by atoms with van der Waals surface area (Å²) < 4.78 is 14.6. The van der Waals surface area contributed by atoms with Gasteiger partial charge in [-0.15, -0.1) is 0 Å². The summed E-state index contributed by atoms with van der Waals surface area (Å²) in [5, 5.41) is 19.0. The third-order valence-electron chi connectivity index (χ3n) is 4.77. The first-order valence-corrected chi connectivity index (χ1v) is 8.31. The zero-order chi connectivity index (χ0) is 18.2. The van der Waals surface area contributed by atoms with E-state index >= 15 is 0 Å². The van der Waals surface area contributed by atoms with E-state index in [2.05, 4.69) is 6.07 Å². The number of carbonyl (C=O) groups is 1. The fraction of sp³-hybridized carbons (Fsp3) is 0.333. The molecule has 3 rings (SSSR count). The number of nitriles is 1. The molecule has 0 unspecified atom stereocenters. The largest absolute Gasteiger partial charge is 0.383 e. The summed E-state index contributed by atoms with van der Waals surface area (Å²) in [6.45, 7) is 2.92. The van der Waals surface area contributed by atoms with Crippen LogP contribution in [-0.4, -0.2) is 16.5 Å². The van der Waals surface area contributed by atoms with Crippen molar-refractivity contribution in [2.45, 2.75) is 44.1 Å². The predicted octanol–water partition coefficient (Wildman–Crippen LogP) is 3.93. The van der Waals surface area contributed by atoms with Gasteiger partial charge >= 0.3 is 0 Å². The average Bonchev–Trinajstić information content (AvgIpc) is 3.35. The Morgan fingerprint density at radius 3 is 2.56 bits per heavy atom. The SMILES string of the molecule is CC(C)(O)C(=O)Cc1cccc(-c2ccc(C3(C#N)CC3)cc2F)c1. The van der Waals surface area contributed by atoms with Crippen LogP contribution < -0.4 is 0 Å². The number of halogens is 1. The molecule has 0 atom stereocenters. The van der Waals surface area contributed by atoms with Crippen LogP contribution in [0.5, 0.6) is 0 Å². The minimum atomic E-state index is -1.39. The van der Waals surface area contributed by atoms with Gasteiger partial charge in [0.25, 0.3) is 0 Å². The third-order valence-corrected chi connectivity index (χ3v) is 4.77. The molecular formula is C21H20FNO2. The first kappa shape index (κ1) is 17.3. The monoisotopic (exact) mass is 337 g/mol. The summed E-state index contributed by atoms with van der Waals surface area (Å²) >= 11 is 0. The number of hydrogen-bond acceptors (Lipinski definition) is 3. The van der Waals surface area contributed by atoms with E-state index in [0.717, 1.165) is 24.0 Å². The Kier molecular flexibility index (Phi) is 4.22. The van der Waals surface area contributed by atoms with Gasteiger partial charge in [0.05, 0.1) is 11.5 Å². The molecule has 0 aromatic heterocycles. The van der Waals surface area contributed by atoms with Crippen LogP contribution in [0.4, 0.5) is 4.39 Å². The summed E-state index contributed by atoms with van der Waals surface area (Å²) in [6, 6.07) is 14.3. The Balaban J connectivity index is 1.89. The highest BCUT2D eigenvalue weighted by Crippen LogP contribution is 2.48. The lowest BCUT2D eigenvalue weighted by Crippen LogP contribution is -2.32. The summed E-state index contributed by atoms with van der Waals surface area (Å²) in [7, 11) is 0. The van der Waals surface area contributed by atoms with Crippen LogP contribution in [0.1, 0.15) is 37.8 Å². The Labute approximate surface area is 146 Å². The molecule has 0 amide bonds. The van der Waals surface area contributed by atoms with Gasteiger partial charge in [-0.05, 0) is 49.4 Å². The number of hydrogen-bond donors (Lipinski definition) is 1. The Hall–Kier alpha value is -2.51. The molecule has 0 heterocycles. The highest BCUT2D eigenvalue weighted by atomic mass is 19.1. The van der Waals surface area contributed by atoms with Crippen LogP contribution in [0.3, 0.4) is 0 Å². The third kappa shape index (κ3) is 3.47. The van der Waals surface area contributed by atoms with Crippen LogP contribution in [0.15, 0.2) is 42.5 Å². The molecule has 128 valence electrons. The lowest BCUT2D eigenvalue weighted by molar-refractivity contribution is -0.133. The molecule has 0 aliphatic heterocycles. The lowest BCUT2D eigenvalue weighted by atomic mass is 9.92. The van der Waals surface area contributed by atoms with Crippen LogP contribution in [0.25, 0.3) is 11.1 Å². The summed E-state index contributed by atoms with van der Waals surface area (Å²) in [5.74, 6) is -0.657. The molecule has 1 N–H and O–H groups in total. The molecule has 25 heavy (non-hydrogen) atoms. The molecule has 0 bridgehead atoms. The van der Waals surface area contributed by atoms with Gasteiger partial charge < -0.3 is 5.11 Å². The van der Waals surface area contributed by atoms with Crippen molar-refractivity contribution in [2.24, 2.45) is 0 Å². The molecule has 0 radical (unpaired) electrons. The molecular weight excluding hydrogens is 317 g/mol. The van der Waals surface area contributed by atoms with E-state index in [9.17, 15) is 19.6 Å². The molecule has 1 aliphatic rings. The minimum Gasteiger partial charge on any atom is -0.383 e. The van der Waals surface area contributed by atoms with E-state index in [4.69, 9.17) is 0 Å². The highest BCUT2D eigenvalue weighted by molar-refractivity contribution is 5.88. The maximum atomic E-state index is 14.6. The quantitative estimate of drug-likeness (QED) is 0.899. The highest BCUT2D eigenvalue weighted by Gasteiger charge is 2.45. The van der Waals surface area contributed by atoms with E-state index < -0.39 is 11.0 Å². The van der Waals surface area contributed by atoms with Crippen molar-refractivity contribution in [2.75, 3.05) is 0 Å². The molecule has 2 aromatic carbocycles. The maximum Gasteiger partial charge on any atom is 0.168 e. The van der Waals surface area contributed by atoms with Crippen LogP contribution in [0, 0.1) is 17.1 Å². The predicted molar refractivity (Wildman–Crippen MR) is 93.4 cm³/mol. The van der Waals surface area contributed by atoms with E-state index in [-0.39, 0.29) is 18.0 Å². The maximum absolute atomic E-state index is 14.6. The van der Waals surface area contributed by atoms with E-state index in [1.54, 1.807) is 30.3 Å². The second-order valence-corrected chi connectivity index (χ2v) is 7.25. The molecule has 0 spiro atoms. The Morgan fingerprint density at radius 2 is 2.00 bits per heavy atom. The van der Waals surface area contributed by atoms with Crippen molar-refractivity contribution in [3.05, 3.63) is 59.4 Å². The number of rotatable bonds is 5. The van der Waals surface area contributed by atoms with E-state index in [0.29, 0.717) is 11.1 Å². The lowest BCUT2D eigenvalue weighted by Gasteiger charge is -2.16. The average molecular weight is 337 g/mol. The van der Waals surface area contributed by atoms with Crippen molar-refractivity contribution >= 4 is 5.78 Å². The minimum absolute atomic E-state index is 0.0919. The first-order chi connectivity index (χ1) is 11.7. The summed E-state index contributed by atoms with van der Waals surface area (Å²) in [4.78, 5) is 12.0. The topological polar surface area (TPSA) is 61.1 Å². The zero-order valence-electron chi connectivity index (χ0n) is 14.3. The molecule has 4 heteroatoms. The number of ketones is 1. The van der Waals surface area contributed by atoms with Crippen LogP contribution in [-0.2, 0) is 16.6 Å². The normalized spacial score (nSPS) is 15.5. The van der Waals surface area contributed by atoms with Crippen molar-refractivity contribution < 1.29 is 14.3 Å². The fourth-order valence-corrected chi connectivity index (χ4v) is 2.89. The number of benzene rings is 2. The standard InChI is InChI=1S/C21H20FNO2/c1-20(2,25)19(24)11-14-4-3-5-15(10-14)17-7-6-16(12-18(17)22)21(13-23)8-9-21/h3-7,10,12,25H,8-9,11H2,1-2H3. The van der Waals surface area contributed by atoms with Gasteiger partial charge in [0.1, 0.15) is 11.4 Å². The van der Waals surface area contributed by atoms with E-state index in [1.165, 1.54) is 19.9 Å². The van der Waals surface area contributed by atoms with Crippen molar-refractivity contribution in [3.8, 4) is 17.2 Å². The van der Waals surface area contributed by atoms with Gasteiger partial charge in [0, 0.05) is 12.0 Å². The number of aliphatic hydroxyl groups is 1. The van der Waals surface area contributed by atoms with Gasteiger partial charge in [-0.25, -0.2) is 4.39 Å². The Morgan fingerprint density at radius 1 is 1.28 bits per heavy atom. The summed E-state index contributed by atoms with van der Waals surface area (Å²) in [5.41, 5.74) is 0.661. The Bertz CT molecular complexity index is 870. The summed E-state index contributed by atoms with van der Waals surface area (Å²) in [6.07, 6.45) is 1.64. The number of nitrogens with zero attached hydrogens (tertiary/aromatic N) is 1. The van der Waals surface area contributed by atoms with Crippen LogP contribution >= 0.6 is 0 Å². The number of Topliss-reactive ketones (excluding diaryl/α,β-unsaturated/α-hetero) is 1. The second kappa shape index (κ2) is 6.09. The van der Waals surface area contributed by atoms with Crippen molar-refractivity contribution in [1.82, 2.24) is 0 Å². The number of carbonyl (C=O) groups excluding carboxylic acids is 1. The van der Waals surface area contributed by atoms with Gasteiger partial charge in [-0.2, -0.15) is 5.26 Å². The van der Waals surface area contributed by atoms with Crippen LogP contribution in [0.2, 0.25) is 0 Å². The first-order valence-electron chi connectivity index (χ1n) is 8.31. The molecule has 1 aliphatic carbocycles. The smallest absolute Gasteiger partial charge is 0.168 e. The van der Waals surface area contributed by atoms with Gasteiger partial charge in [0.2, 0.25) is 0 Å². The molecule has 1 fully saturated rings. The second-order valence-electron chi connectivity index (χ2n) is 7.25. The van der Waals surface area contributed by atoms with Gasteiger partial charge in [0.15, 0.2) is 5.78 Å². The zero-order valence-corrected chi connectivity index (χ0v) is 14.3. The molecule has 0 saturated heterocycles. The van der Waals surface area contributed by atoms with Gasteiger partial charge in [-0.3, -0.25) is 4.79 Å². The van der Waals surface area contributed by atoms with Crippen molar-refractivity contribution in [1.29, 1.82) is 5.26 Å². The fourth-order valence-electron chi connectivity index (χ4n) is 2.89. The molecule has 1 saturated carbocycles. The molecule has 2 aromatic rings. The molecule has 3 nitrogen and oxygen atoms in total. The van der Waals surface area contributed by atoms with Gasteiger partial charge in [-0.1, -0.05) is 36.4 Å². The van der Waals surface area contributed by atoms with Crippen molar-refractivity contribution in [3.63, 3.8) is 0 Å².